The fraction of sp³-hybridized carbons (Fsp3) is 0.913. The Labute approximate surface area is 154 Å². The van der Waals surface area contributed by atoms with Crippen molar-refractivity contribution in [3.8, 4) is 0 Å². The number of hydrogen-bond acceptors (Lipinski definition) is 2. The smallest absolute Gasteiger partial charge is 0.0622 e. The Kier molecular flexibility index (Phi) is 4.40. The topological polar surface area (TPSA) is 29.5 Å². The maximum absolute atomic E-state index is 10.7. The highest BCUT2D eigenvalue weighted by atomic mass is 16.5. The summed E-state index contributed by atoms with van der Waals surface area (Å²) in [6.07, 6.45) is 11.1. The summed E-state index contributed by atoms with van der Waals surface area (Å²) in [4.78, 5) is 0. The van der Waals surface area contributed by atoms with E-state index in [0.717, 1.165) is 50.2 Å². The molecule has 1 N–H and O–H groups in total. The van der Waals surface area contributed by atoms with Crippen molar-refractivity contribution in [3.05, 3.63) is 12.2 Å². The molecule has 4 rings (SSSR count). The van der Waals surface area contributed by atoms with Crippen molar-refractivity contribution in [2.24, 2.45) is 34.5 Å². The summed E-state index contributed by atoms with van der Waals surface area (Å²) < 4.78 is 6.11. The van der Waals surface area contributed by atoms with Gasteiger partial charge in [-0.1, -0.05) is 19.1 Å². The second kappa shape index (κ2) is 6.09. The first-order chi connectivity index (χ1) is 11.8. The monoisotopic (exact) mass is 346 g/mol. The van der Waals surface area contributed by atoms with Gasteiger partial charge in [-0.2, -0.15) is 0 Å². The van der Waals surface area contributed by atoms with E-state index in [9.17, 15) is 5.11 Å². The standard InChI is InChI=1S/C23H38O2/c1-5-25-15-23-13-12-21(3,24)14-17(23)7-8-18-19-9-6-16(2)22(19,4)11-10-20(18)23/h17-20,24H,2,5-15H2,1,3-4H3/t17-,18-,19-,20-,21+,22+,23+/m0/s1. The van der Waals surface area contributed by atoms with Gasteiger partial charge >= 0.3 is 0 Å². The normalized spacial score (nSPS) is 52.4. The number of rotatable bonds is 3. The van der Waals surface area contributed by atoms with Gasteiger partial charge in [0, 0.05) is 6.61 Å². The summed E-state index contributed by atoms with van der Waals surface area (Å²) in [6, 6.07) is 0. The second-order valence-corrected chi connectivity index (χ2v) is 10.3. The molecule has 25 heavy (non-hydrogen) atoms. The van der Waals surface area contributed by atoms with E-state index >= 15 is 0 Å². The first-order valence-electron chi connectivity index (χ1n) is 10.8. The lowest BCUT2D eigenvalue weighted by Gasteiger charge is -2.62. The Bertz CT molecular complexity index is 538. The van der Waals surface area contributed by atoms with Crippen LogP contribution in [0.15, 0.2) is 12.2 Å². The third-order valence-corrected chi connectivity index (χ3v) is 9.18. The minimum atomic E-state index is -0.460. The molecule has 0 spiro atoms. The van der Waals surface area contributed by atoms with Crippen LogP contribution in [0.5, 0.6) is 0 Å². The molecule has 0 amide bonds. The fourth-order valence-corrected chi connectivity index (χ4v) is 7.71. The molecule has 0 radical (unpaired) electrons. The van der Waals surface area contributed by atoms with Gasteiger partial charge in [-0.25, -0.2) is 0 Å². The van der Waals surface area contributed by atoms with Crippen LogP contribution in [0.25, 0.3) is 0 Å². The van der Waals surface area contributed by atoms with E-state index in [1.807, 2.05) is 0 Å². The average Bonchev–Trinajstić information content (AvgIpc) is 2.88. The highest BCUT2D eigenvalue weighted by Gasteiger charge is 2.61. The third-order valence-electron chi connectivity index (χ3n) is 9.18. The molecule has 0 aromatic heterocycles. The first-order valence-corrected chi connectivity index (χ1v) is 10.8. The van der Waals surface area contributed by atoms with Gasteiger partial charge in [0.1, 0.15) is 0 Å². The predicted molar refractivity (Wildman–Crippen MR) is 102 cm³/mol. The average molecular weight is 347 g/mol. The molecule has 0 aromatic rings. The summed E-state index contributed by atoms with van der Waals surface area (Å²) in [6.45, 7) is 12.9. The molecule has 0 unspecified atom stereocenters. The van der Waals surface area contributed by atoms with Crippen LogP contribution < -0.4 is 0 Å². The summed E-state index contributed by atoms with van der Waals surface area (Å²) in [7, 11) is 0. The zero-order chi connectivity index (χ0) is 17.9. The Morgan fingerprint density at radius 3 is 2.64 bits per heavy atom. The lowest BCUT2D eigenvalue weighted by atomic mass is 9.44. The lowest BCUT2D eigenvalue weighted by Crippen LogP contribution is -2.58. The zero-order valence-electron chi connectivity index (χ0n) is 16.7. The largest absolute Gasteiger partial charge is 0.390 e. The van der Waals surface area contributed by atoms with Crippen molar-refractivity contribution >= 4 is 0 Å². The van der Waals surface area contributed by atoms with E-state index in [1.165, 1.54) is 44.1 Å². The van der Waals surface area contributed by atoms with Crippen molar-refractivity contribution in [2.75, 3.05) is 13.2 Å². The summed E-state index contributed by atoms with van der Waals surface area (Å²) >= 11 is 0. The minimum absolute atomic E-state index is 0.326. The van der Waals surface area contributed by atoms with Crippen LogP contribution in [0.4, 0.5) is 0 Å². The van der Waals surface area contributed by atoms with E-state index in [2.05, 4.69) is 27.4 Å². The molecule has 0 aromatic carbocycles. The van der Waals surface area contributed by atoms with E-state index < -0.39 is 5.60 Å². The van der Waals surface area contributed by atoms with Crippen molar-refractivity contribution in [1.82, 2.24) is 0 Å². The Morgan fingerprint density at radius 2 is 1.88 bits per heavy atom. The molecule has 2 nitrogen and oxygen atoms in total. The summed E-state index contributed by atoms with van der Waals surface area (Å²) in [5.74, 6) is 3.16. The van der Waals surface area contributed by atoms with Crippen molar-refractivity contribution < 1.29 is 9.84 Å². The molecule has 4 saturated carbocycles. The summed E-state index contributed by atoms with van der Waals surface area (Å²) in [5, 5.41) is 10.7. The number of hydrogen-bond donors (Lipinski definition) is 1. The highest BCUT2D eigenvalue weighted by Crippen LogP contribution is 2.67. The second-order valence-electron chi connectivity index (χ2n) is 10.3. The van der Waals surface area contributed by atoms with Crippen molar-refractivity contribution in [1.29, 1.82) is 0 Å². The highest BCUT2D eigenvalue weighted by molar-refractivity contribution is 5.21. The molecule has 0 heterocycles. The van der Waals surface area contributed by atoms with Gasteiger partial charge in [0.25, 0.3) is 0 Å². The van der Waals surface area contributed by atoms with E-state index in [4.69, 9.17) is 4.74 Å². The number of allylic oxidation sites excluding steroid dienone is 1. The van der Waals surface area contributed by atoms with Gasteiger partial charge in [0.15, 0.2) is 0 Å². The number of ether oxygens (including phenoxy) is 1. The Balaban J connectivity index is 1.66. The molecule has 0 aliphatic heterocycles. The van der Waals surface area contributed by atoms with Crippen LogP contribution in [0.1, 0.15) is 78.6 Å². The van der Waals surface area contributed by atoms with Gasteiger partial charge in [0.05, 0.1) is 12.2 Å². The van der Waals surface area contributed by atoms with Crippen LogP contribution in [0.2, 0.25) is 0 Å². The van der Waals surface area contributed by atoms with Gasteiger partial charge in [-0.3, -0.25) is 0 Å². The van der Waals surface area contributed by atoms with E-state index in [-0.39, 0.29) is 0 Å². The zero-order valence-corrected chi connectivity index (χ0v) is 16.7. The van der Waals surface area contributed by atoms with Crippen LogP contribution in [0.3, 0.4) is 0 Å². The van der Waals surface area contributed by atoms with Crippen LogP contribution in [-0.2, 0) is 4.74 Å². The molecular formula is C23H38O2. The maximum Gasteiger partial charge on any atom is 0.0622 e. The fourth-order valence-electron chi connectivity index (χ4n) is 7.71. The molecule has 7 atom stereocenters. The van der Waals surface area contributed by atoms with Gasteiger partial charge in [0.2, 0.25) is 0 Å². The molecule has 4 fully saturated rings. The molecular weight excluding hydrogens is 308 g/mol. The van der Waals surface area contributed by atoms with Crippen LogP contribution in [0, 0.1) is 34.5 Å². The van der Waals surface area contributed by atoms with E-state index in [0.29, 0.717) is 16.7 Å². The number of aliphatic hydroxyl groups is 1. The SMILES string of the molecule is C=C1CC[C@H]2[C@@H]3CC[C@H]4C[C@](C)(O)CC[C@]4(COCC)[C@H]3CC[C@]12C. The quantitative estimate of drug-likeness (QED) is 0.698. The lowest BCUT2D eigenvalue weighted by molar-refractivity contribution is -0.172. The van der Waals surface area contributed by atoms with Crippen molar-refractivity contribution in [3.63, 3.8) is 0 Å². The summed E-state index contributed by atoms with van der Waals surface area (Å²) in [5.41, 5.74) is 1.80. The van der Waals surface area contributed by atoms with Crippen molar-refractivity contribution in [2.45, 2.75) is 84.2 Å². The Morgan fingerprint density at radius 1 is 1.08 bits per heavy atom. The molecule has 0 saturated heterocycles. The third kappa shape index (κ3) is 2.65. The van der Waals surface area contributed by atoms with Gasteiger partial charge in [-0.05, 0) is 106 Å². The van der Waals surface area contributed by atoms with Crippen LogP contribution >= 0.6 is 0 Å². The van der Waals surface area contributed by atoms with Gasteiger partial charge in [-0.15, -0.1) is 0 Å². The molecule has 0 bridgehead atoms. The molecule has 4 aliphatic rings. The molecule has 4 aliphatic carbocycles. The van der Waals surface area contributed by atoms with Gasteiger partial charge < -0.3 is 9.84 Å². The van der Waals surface area contributed by atoms with Crippen LogP contribution in [-0.4, -0.2) is 23.9 Å². The molecule has 142 valence electrons. The first kappa shape index (κ1) is 18.0. The minimum Gasteiger partial charge on any atom is -0.390 e. The van der Waals surface area contributed by atoms with E-state index in [1.54, 1.807) is 0 Å². The predicted octanol–water partition coefficient (Wildman–Crippen LogP) is 5.35. The maximum atomic E-state index is 10.7. The Hall–Kier alpha value is -0.340. The molecule has 2 heteroatoms. The number of fused-ring (bicyclic) bond motifs is 5.